The molecule has 120 valence electrons. The van der Waals surface area contributed by atoms with Gasteiger partial charge in [-0.15, -0.1) is 6.58 Å². The maximum atomic E-state index is 12.1. The Morgan fingerprint density at radius 1 is 1.55 bits per heavy atom. The van der Waals surface area contributed by atoms with E-state index in [1.807, 2.05) is 13.0 Å². The molecule has 1 N–H and O–H groups in total. The van der Waals surface area contributed by atoms with E-state index in [4.69, 9.17) is 4.74 Å². The van der Waals surface area contributed by atoms with Crippen molar-refractivity contribution in [1.82, 2.24) is 5.32 Å². The number of hydrogen-bond acceptors (Lipinski definition) is 4. The summed E-state index contributed by atoms with van der Waals surface area (Å²) in [7, 11) is -3.44. The zero-order valence-electron chi connectivity index (χ0n) is 12.7. The number of anilines is 1. The standard InChI is InChI=1S/C15H20N2O4S/c1-4-8-16-15(18)14-7-9-17(22(3,19)20)12-10-11(2)5-6-13(12)21-14/h4-6,10,14H,1,7-9H2,2-3H3,(H,16,18)/t14-/m1/s1. The zero-order valence-corrected chi connectivity index (χ0v) is 13.5. The van der Waals surface area contributed by atoms with Gasteiger partial charge in [0.25, 0.3) is 5.91 Å². The van der Waals surface area contributed by atoms with Gasteiger partial charge in [-0.25, -0.2) is 8.42 Å². The highest BCUT2D eigenvalue weighted by molar-refractivity contribution is 7.92. The Kier molecular flexibility index (Phi) is 4.75. The molecule has 1 amide bonds. The largest absolute Gasteiger partial charge is 0.478 e. The second kappa shape index (κ2) is 6.39. The summed E-state index contributed by atoms with van der Waals surface area (Å²) >= 11 is 0. The van der Waals surface area contributed by atoms with Crippen LogP contribution in [0.25, 0.3) is 0 Å². The van der Waals surface area contributed by atoms with Crippen molar-refractivity contribution in [3.63, 3.8) is 0 Å². The van der Waals surface area contributed by atoms with Gasteiger partial charge < -0.3 is 10.1 Å². The van der Waals surface area contributed by atoms with Crippen molar-refractivity contribution >= 4 is 21.6 Å². The molecular weight excluding hydrogens is 304 g/mol. The summed E-state index contributed by atoms with van der Waals surface area (Å²) < 4.78 is 31.1. The van der Waals surface area contributed by atoms with E-state index >= 15 is 0 Å². The molecule has 0 spiro atoms. The van der Waals surface area contributed by atoms with E-state index in [0.717, 1.165) is 11.8 Å². The summed E-state index contributed by atoms with van der Waals surface area (Å²) in [4.78, 5) is 12.1. The van der Waals surface area contributed by atoms with Crippen LogP contribution in [-0.2, 0) is 14.8 Å². The number of benzene rings is 1. The first-order valence-electron chi connectivity index (χ1n) is 6.96. The fourth-order valence-electron chi connectivity index (χ4n) is 2.30. The number of nitrogens with one attached hydrogen (secondary N) is 1. The first-order valence-corrected chi connectivity index (χ1v) is 8.81. The average Bonchev–Trinajstić information content (AvgIpc) is 2.63. The van der Waals surface area contributed by atoms with E-state index in [1.165, 1.54) is 4.31 Å². The molecule has 0 unspecified atom stereocenters. The highest BCUT2D eigenvalue weighted by atomic mass is 32.2. The Labute approximate surface area is 130 Å². The number of carbonyl (C=O) groups is 1. The topological polar surface area (TPSA) is 75.7 Å². The summed E-state index contributed by atoms with van der Waals surface area (Å²) in [6.45, 7) is 5.96. The van der Waals surface area contributed by atoms with Crippen molar-refractivity contribution in [2.75, 3.05) is 23.7 Å². The van der Waals surface area contributed by atoms with E-state index in [-0.39, 0.29) is 18.9 Å². The third-order valence-corrected chi connectivity index (χ3v) is 4.54. The molecule has 22 heavy (non-hydrogen) atoms. The van der Waals surface area contributed by atoms with Gasteiger partial charge in [0.05, 0.1) is 11.9 Å². The summed E-state index contributed by atoms with van der Waals surface area (Å²) in [5.41, 5.74) is 1.40. The molecule has 2 rings (SSSR count). The lowest BCUT2D eigenvalue weighted by Gasteiger charge is -2.21. The van der Waals surface area contributed by atoms with Gasteiger partial charge >= 0.3 is 0 Å². The van der Waals surface area contributed by atoms with E-state index in [1.54, 1.807) is 18.2 Å². The monoisotopic (exact) mass is 324 g/mol. The lowest BCUT2D eigenvalue weighted by molar-refractivity contribution is -0.127. The second-order valence-corrected chi connectivity index (χ2v) is 7.14. The van der Waals surface area contributed by atoms with Gasteiger partial charge in [-0.1, -0.05) is 12.1 Å². The number of amides is 1. The molecule has 1 aliphatic rings. The lowest BCUT2D eigenvalue weighted by atomic mass is 10.2. The first kappa shape index (κ1) is 16.4. The van der Waals surface area contributed by atoms with Crippen molar-refractivity contribution in [3.8, 4) is 5.75 Å². The van der Waals surface area contributed by atoms with E-state index < -0.39 is 16.1 Å². The highest BCUT2D eigenvalue weighted by Gasteiger charge is 2.30. The van der Waals surface area contributed by atoms with Crippen LogP contribution in [0.1, 0.15) is 12.0 Å². The Morgan fingerprint density at radius 2 is 2.27 bits per heavy atom. The van der Waals surface area contributed by atoms with Crippen LogP contribution in [0, 0.1) is 6.92 Å². The van der Waals surface area contributed by atoms with Crippen molar-refractivity contribution in [2.24, 2.45) is 0 Å². The lowest BCUT2D eigenvalue weighted by Crippen LogP contribution is -2.39. The summed E-state index contributed by atoms with van der Waals surface area (Å²) in [6, 6.07) is 5.27. The van der Waals surface area contributed by atoms with Crippen LogP contribution in [0.15, 0.2) is 30.9 Å². The Hall–Kier alpha value is -2.02. The highest BCUT2D eigenvalue weighted by Crippen LogP contribution is 2.34. The number of sulfonamides is 1. The van der Waals surface area contributed by atoms with Crippen LogP contribution < -0.4 is 14.4 Å². The summed E-state index contributed by atoms with van der Waals surface area (Å²) in [6.07, 6.45) is 2.28. The van der Waals surface area contributed by atoms with Crippen molar-refractivity contribution in [2.45, 2.75) is 19.4 Å². The average molecular weight is 324 g/mol. The van der Waals surface area contributed by atoms with Crippen LogP contribution >= 0.6 is 0 Å². The second-order valence-electron chi connectivity index (χ2n) is 5.24. The quantitative estimate of drug-likeness (QED) is 0.845. The number of carbonyl (C=O) groups excluding carboxylic acids is 1. The predicted octanol–water partition coefficient (Wildman–Crippen LogP) is 1.21. The fourth-order valence-corrected chi connectivity index (χ4v) is 3.24. The van der Waals surface area contributed by atoms with Crippen LogP contribution in [0.3, 0.4) is 0 Å². The molecule has 1 aromatic rings. The van der Waals surface area contributed by atoms with Gasteiger partial charge in [0, 0.05) is 19.5 Å². The molecule has 1 atom stereocenters. The minimum absolute atomic E-state index is 0.196. The van der Waals surface area contributed by atoms with Gasteiger partial charge in [0.15, 0.2) is 6.10 Å². The summed E-state index contributed by atoms with van der Waals surface area (Å²) in [5, 5.41) is 2.68. The molecule has 0 bridgehead atoms. The third kappa shape index (κ3) is 3.59. The molecule has 0 aliphatic carbocycles. The van der Waals surface area contributed by atoms with E-state index in [2.05, 4.69) is 11.9 Å². The van der Waals surface area contributed by atoms with Gasteiger partial charge in [-0.2, -0.15) is 0 Å². The fraction of sp³-hybridized carbons (Fsp3) is 0.400. The number of nitrogens with zero attached hydrogens (tertiary/aromatic N) is 1. The molecule has 6 nitrogen and oxygen atoms in total. The van der Waals surface area contributed by atoms with Crippen LogP contribution in [0.5, 0.6) is 5.75 Å². The predicted molar refractivity (Wildman–Crippen MR) is 85.6 cm³/mol. The third-order valence-electron chi connectivity index (χ3n) is 3.36. The molecule has 1 heterocycles. The summed E-state index contributed by atoms with van der Waals surface area (Å²) in [5.74, 6) is 0.119. The van der Waals surface area contributed by atoms with Crippen LogP contribution in [0.2, 0.25) is 0 Å². The normalized spacial score (nSPS) is 17.9. The Bertz CT molecular complexity index is 685. The SMILES string of the molecule is C=CCNC(=O)[C@H]1CCN(S(C)(=O)=O)c2cc(C)ccc2O1. The number of ether oxygens (including phenoxy) is 1. The minimum Gasteiger partial charge on any atom is -0.478 e. The number of aryl methyl sites for hydroxylation is 1. The van der Waals surface area contributed by atoms with Crippen molar-refractivity contribution < 1.29 is 17.9 Å². The van der Waals surface area contributed by atoms with Gasteiger partial charge in [0.1, 0.15) is 5.75 Å². The van der Waals surface area contributed by atoms with Crippen LogP contribution in [0.4, 0.5) is 5.69 Å². The number of rotatable bonds is 4. The number of hydrogen-bond donors (Lipinski definition) is 1. The molecule has 1 aliphatic heterocycles. The van der Waals surface area contributed by atoms with Crippen molar-refractivity contribution in [1.29, 1.82) is 0 Å². The zero-order chi connectivity index (χ0) is 16.3. The van der Waals surface area contributed by atoms with Crippen molar-refractivity contribution in [3.05, 3.63) is 36.4 Å². The smallest absolute Gasteiger partial charge is 0.261 e. The maximum absolute atomic E-state index is 12.1. The van der Waals surface area contributed by atoms with Crippen LogP contribution in [-0.4, -0.2) is 39.8 Å². The molecular formula is C15H20N2O4S. The number of fused-ring (bicyclic) bond motifs is 1. The van der Waals surface area contributed by atoms with Gasteiger partial charge in [-0.3, -0.25) is 9.10 Å². The Balaban J connectivity index is 2.36. The maximum Gasteiger partial charge on any atom is 0.261 e. The molecule has 0 saturated carbocycles. The molecule has 0 aromatic heterocycles. The van der Waals surface area contributed by atoms with E-state index in [0.29, 0.717) is 18.0 Å². The molecule has 7 heteroatoms. The minimum atomic E-state index is -3.44. The van der Waals surface area contributed by atoms with E-state index in [9.17, 15) is 13.2 Å². The van der Waals surface area contributed by atoms with Gasteiger partial charge in [-0.05, 0) is 24.6 Å². The molecule has 0 saturated heterocycles. The first-order chi connectivity index (χ1) is 10.3. The molecule has 1 aromatic carbocycles. The molecule has 0 radical (unpaired) electrons. The Morgan fingerprint density at radius 3 is 2.91 bits per heavy atom. The molecule has 0 fully saturated rings. The van der Waals surface area contributed by atoms with Gasteiger partial charge in [0.2, 0.25) is 10.0 Å².